The van der Waals surface area contributed by atoms with Gasteiger partial charge < -0.3 is 0 Å². The van der Waals surface area contributed by atoms with Gasteiger partial charge in [0, 0.05) is 10.8 Å². The summed E-state index contributed by atoms with van der Waals surface area (Å²) in [6.07, 6.45) is 19.0. The van der Waals surface area contributed by atoms with Gasteiger partial charge in [0.05, 0.1) is 23.0 Å². The SMILES string of the molecule is N#CC12C3C4C=CC5C6C=CC7C8CCC9c%10c8c8c%11c%12c%10C%10C9C=CC9C%10C%10=C%12C%12=C(C4C5C(=C%12%11)C6C87)C31C%101C9C21C#N. The van der Waals surface area contributed by atoms with Crippen LogP contribution in [0.15, 0.2) is 58.7 Å². The zero-order valence-corrected chi connectivity index (χ0v) is 24.0. The fraction of sp³-hybridized carbons (Fsp3) is 0.524. The summed E-state index contributed by atoms with van der Waals surface area (Å²) in [5.41, 5.74) is 20.7. The zero-order chi connectivity index (χ0) is 27.2. The molecule has 0 saturated heterocycles. The average molecular weight is 559 g/mol. The minimum absolute atomic E-state index is 0.0369. The van der Waals surface area contributed by atoms with Gasteiger partial charge in [-0.05, 0) is 169 Å². The van der Waals surface area contributed by atoms with E-state index in [1.165, 1.54) is 12.8 Å². The van der Waals surface area contributed by atoms with Crippen LogP contribution in [0.3, 0.4) is 0 Å². The van der Waals surface area contributed by atoms with E-state index in [1.54, 1.807) is 39.0 Å². The molecule has 2 nitrogen and oxygen atoms in total. The third-order valence-electron chi connectivity index (χ3n) is 19.9. The van der Waals surface area contributed by atoms with Crippen molar-refractivity contribution in [2.45, 2.75) is 36.5 Å². The second-order valence-electron chi connectivity index (χ2n) is 18.8. The predicted molar refractivity (Wildman–Crippen MR) is 158 cm³/mol. The number of hydrogen-bond acceptors (Lipinski definition) is 2. The molecule has 6 saturated carbocycles. The molecule has 0 amide bonds. The van der Waals surface area contributed by atoms with E-state index in [-0.39, 0.29) is 10.8 Å². The van der Waals surface area contributed by atoms with Crippen molar-refractivity contribution < 1.29 is 0 Å². The summed E-state index contributed by atoms with van der Waals surface area (Å²) >= 11 is 0. The quantitative estimate of drug-likeness (QED) is 0.326. The maximum atomic E-state index is 11.4. The van der Waals surface area contributed by atoms with Gasteiger partial charge in [-0.2, -0.15) is 10.5 Å². The molecule has 17 aliphatic carbocycles. The second kappa shape index (κ2) is 4.50. The first-order chi connectivity index (χ1) is 21.8. The molecule has 0 heterocycles. The maximum absolute atomic E-state index is 11.4. The van der Waals surface area contributed by atoms with Gasteiger partial charge in [0.1, 0.15) is 0 Å². The number of allylic oxidation sites excluding steroid dienone is 12. The Morgan fingerprint density at radius 2 is 0.977 bits per heavy atom. The van der Waals surface area contributed by atoms with Gasteiger partial charge in [0.25, 0.3) is 0 Å². The molecule has 1 aromatic carbocycles. The highest BCUT2D eigenvalue weighted by Gasteiger charge is 3.20. The van der Waals surface area contributed by atoms with E-state index in [0.717, 1.165) is 5.92 Å². The molecule has 44 heavy (non-hydrogen) atoms. The molecular formula is C42H26N2. The number of hydrogen-bond donors (Lipinski definition) is 0. The fourth-order valence-electron chi connectivity index (χ4n) is 20.6. The molecule has 0 aromatic heterocycles. The summed E-state index contributed by atoms with van der Waals surface area (Å²) in [4.78, 5) is 0. The molecule has 2 heteroatoms. The van der Waals surface area contributed by atoms with Crippen LogP contribution >= 0.6 is 0 Å². The van der Waals surface area contributed by atoms with Gasteiger partial charge in [-0.3, -0.25) is 0 Å². The fourth-order valence-corrected chi connectivity index (χ4v) is 20.6. The lowest BCUT2D eigenvalue weighted by Gasteiger charge is -2.57. The van der Waals surface area contributed by atoms with Crippen LogP contribution in [-0.2, 0) is 0 Å². The van der Waals surface area contributed by atoms with Crippen LogP contribution in [0.4, 0.5) is 0 Å². The zero-order valence-electron chi connectivity index (χ0n) is 24.0. The molecule has 20 atom stereocenters. The largest absolute Gasteiger partial charge is 0.198 e. The highest BCUT2D eigenvalue weighted by Crippen LogP contribution is 3.19. The van der Waals surface area contributed by atoms with E-state index in [9.17, 15) is 10.5 Å². The highest BCUT2D eigenvalue weighted by atomic mass is 15.2. The monoisotopic (exact) mass is 558 g/mol. The lowest BCUT2D eigenvalue weighted by Crippen LogP contribution is -2.54. The minimum Gasteiger partial charge on any atom is -0.198 e. The normalized spacial score (nSPS) is 67.6. The molecule has 20 unspecified atom stereocenters. The summed E-state index contributed by atoms with van der Waals surface area (Å²) in [5.74, 6) is 9.61. The molecule has 17 aliphatic rings. The molecule has 18 rings (SSSR count). The van der Waals surface area contributed by atoms with Crippen molar-refractivity contribution in [2.24, 2.45) is 92.7 Å². The summed E-state index contributed by atoms with van der Waals surface area (Å²) in [6.45, 7) is 0. The molecule has 0 aliphatic heterocycles. The smallest absolute Gasteiger partial charge is 0.0921 e. The van der Waals surface area contributed by atoms with E-state index in [2.05, 4.69) is 48.6 Å². The van der Waals surface area contributed by atoms with Crippen molar-refractivity contribution in [3.05, 3.63) is 92.1 Å². The van der Waals surface area contributed by atoms with Gasteiger partial charge >= 0.3 is 0 Å². The molecule has 204 valence electrons. The lowest BCUT2D eigenvalue weighted by atomic mass is 9.43. The molecule has 2 spiro atoms. The van der Waals surface area contributed by atoms with Crippen LogP contribution in [0, 0.1) is 115 Å². The van der Waals surface area contributed by atoms with E-state index < -0.39 is 10.8 Å². The number of rotatable bonds is 0. The third-order valence-corrected chi connectivity index (χ3v) is 19.9. The minimum atomic E-state index is -0.448. The van der Waals surface area contributed by atoms with Crippen LogP contribution in [-0.4, -0.2) is 0 Å². The van der Waals surface area contributed by atoms with Gasteiger partial charge in [0.15, 0.2) is 0 Å². The first-order valence-electron chi connectivity index (χ1n) is 18.1. The van der Waals surface area contributed by atoms with Crippen molar-refractivity contribution >= 4 is 11.1 Å². The van der Waals surface area contributed by atoms with Gasteiger partial charge in [-0.1, -0.05) is 42.0 Å². The Bertz CT molecular complexity index is 2410. The molecule has 0 radical (unpaired) electrons. The Hall–Kier alpha value is -3.36. The van der Waals surface area contributed by atoms with Crippen molar-refractivity contribution in [1.82, 2.24) is 0 Å². The van der Waals surface area contributed by atoms with E-state index in [0.29, 0.717) is 88.8 Å². The van der Waals surface area contributed by atoms with Crippen molar-refractivity contribution in [2.75, 3.05) is 0 Å². The van der Waals surface area contributed by atoms with Crippen LogP contribution < -0.4 is 0 Å². The van der Waals surface area contributed by atoms with Gasteiger partial charge in [-0.25, -0.2) is 0 Å². The molecule has 0 N–H and O–H groups in total. The standard InChI is InChI=1S/C42H26N2/c43-9-39-37-17-7-5-15-13-3-1-11-12-2-4-14-16-6-8-18-26-24(16)29-22(14)20(12)27-19(11)21(13)28-23(15)25(17)35-33-31(28)30(27)32(29)34(33)36(26)42(41(35,37)39)38(18)40(39,42)10-44/h1,3,5-8,11-19,21,23-26,37-38H,2,4H2. The topological polar surface area (TPSA) is 47.6 Å². The number of nitriles is 2. The predicted octanol–water partition coefficient (Wildman–Crippen LogP) is 6.89. The van der Waals surface area contributed by atoms with E-state index >= 15 is 0 Å². The number of fused-ring (bicyclic) bond motifs is 8. The summed E-state index contributed by atoms with van der Waals surface area (Å²) in [7, 11) is 0. The first-order valence-corrected chi connectivity index (χ1v) is 18.1. The third kappa shape index (κ3) is 1.03. The average Bonchev–Trinajstić information content (AvgIpc) is 3.48. The van der Waals surface area contributed by atoms with Crippen molar-refractivity contribution in [3.63, 3.8) is 0 Å². The summed E-state index contributed by atoms with van der Waals surface area (Å²) in [5, 5.41) is 22.8. The van der Waals surface area contributed by atoms with Crippen LogP contribution in [0.1, 0.15) is 69.9 Å². The Kier molecular flexibility index (Phi) is 1.97. The van der Waals surface area contributed by atoms with E-state index in [4.69, 9.17) is 0 Å². The van der Waals surface area contributed by atoms with E-state index in [1.807, 2.05) is 27.8 Å². The Labute approximate surface area is 254 Å². The highest BCUT2D eigenvalue weighted by molar-refractivity contribution is 6.18. The molecular weight excluding hydrogens is 532 g/mol. The summed E-state index contributed by atoms with van der Waals surface area (Å²) in [6, 6.07) is 6.18. The van der Waals surface area contributed by atoms with Crippen molar-refractivity contribution in [3.8, 4) is 12.1 Å². The van der Waals surface area contributed by atoms with Crippen LogP contribution in [0.2, 0.25) is 0 Å². The second-order valence-corrected chi connectivity index (χ2v) is 18.8. The Balaban J connectivity index is 1.16. The van der Waals surface area contributed by atoms with Gasteiger partial charge in [0.2, 0.25) is 0 Å². The molecule has 0 bridgehead atoms. The van der Waals surface area contributed by atoms with Crippen LogP contribution in [0.25, 0.3) is 11.1 Å². The number of nitrogens with zero attached hydrogens (tertiary/aromatic N) is 2. The maximum Gasteiger partial charge on any atom is 0.0921 e. The lowest BCUT2D eigenvalue weighted by molar-refractivity contribution is 0.0736. The number of benzene rings is 1. The first kappa shape index (κ1) is 19.2. The molecule has 1 aromatic rings. The Morgan fingerprint density at radius 1 is 0.500 bits per heavy atom. The van der Waals surface area contributed by atoms with Crippen molar-refractivity contribution in [1.29, 1.82) is 10.5 Å². The van der Waals surface area contributed by atoms with Gasteiger partial charge in [-0.15, -0.1) is 0 Å². The Morgan fingerprint density at radius 3 is 1.59 bits per heavy atom. The molecule has 6 fully saturated rings. The summed E-state index contributed by atoms with van der Waals surface area (Å²) < 4.78 is 0. The van der Waals surface area contributed by atoms with Crippen LogP contribution in [0.5, 0.6) is 0 Å².